The zero-order valence-electron chi connectivity index (χ0n) is 9.71. The molecule has 0 saturated heterocycles. The molecule has 0 radical (unpaired) electrons. The minimum atomic E-state index is 0.277. The maximum atomic E-state index is 5.50. The van der Waals surface area contributed by atoms with E-state index in [9.17, 15) is 0 Å². The summed E-state index contributed by atoms with van der Waals surface area (Å²) in [6.45, 7) is 1.74. The first-order valence-corrected chi connectivity index (χ1v) is 6.08. The van der Waals surface area contributed by atoms with E-state index in [1.54, 1.807) is 12.4 Å². The maximum Gasteiger partial charge on any atom is 0.147 e. The normalized spacial score (nSPS) is 13.4. The molecule has 4 nitrogen and oxygen atoms in total. The number of hydrogen-bond donors (Lipinski definition) is 1. The van der Waals surface area contributed by atoms with Crippen LogP contribution in [0.4, 0.5) is 5.82 Å². The summed E-state index contributed by atoms with van der Waals surface area (Å²) in [5, 5.41) is 0. The summed E-state index contributed by atoms with van der Waals surface area (Å²) in [5.74, 6) is 0.853. The first kappa shape index (κ1) is 11.1. The van der Waals surface area contributed by atoms with Crippen molar-refractivity contribution in [2.45, 2.75) is 13.1 Å². The molecule has 0 aliphatic carbocycles. The van der Waals surface area contributed by atoms with Crippen LogP contribution >= 0.6 is 12.2 Å². The SMILES string of the molecule is NC(=S)c1cnc(N2Cc3ccccc3C2)cn1. The van der Waals surface area contributed by atoms with Crippen LogP contribution in [0, 0.1) is 0 Å². The lowest BCUT2D eigenvalue weighted by Crippen LogP contribution is -2.18. The summed E-state index contributed by atoms with van der Waals surface area (Å²) in [6.07, 6.45) is 3.35. The van der Waals surface area contributed by atoms with Crippen LogP contribution in [0.1, 0.15) is 16.8 Å². The quantitative estimate of drug-likeness (QED) is 0.828. The zero-order chi connectivity index (χ0) is 12.5. The third-order valence-electron chi connectivity index (χ3n) is 3.06. The van der Waals surface area contributed by atoms with Crippen molar-refractivity contribution in [3.63, 3.8) is 0 Å². The topological polar surface area (TPSA) is 55.0 Å². The van der Waals surface area contributed by atoms with Gasteiger partial charge in [-0.15, -0.1) is 0 Å². The summed E-state index contributed by atoms with van der Waals surface area (Å²) < 4.78 is 0. The van der Waals surface area contributed by atoms with E-state index >= 15 is 0 Å². The van der Waals surface area contributed by atoms with Crippen molar-refractivity contribution in [1.29, 1.82) is 0 Å². The molecule has 0 unspecified atom stereocenters. The van der Waals surface area contributed by atoms with Gasteiger partial charge in [-0.2, -0.15) is 0 Å². The van der Waals surface area contributed by atoms with Gasteiger partial charge in [0.25, 0.3) is 0 Å². The molecule has 3 rings (SSSR count). The largest absolute Gasteiger partial charge is 0.388 e. The molecular weight excluding hydrogens is 244 g/mol. The van der Waals surface area contributed by atoms with Gasteiger partial charge in [0.15, 0.2) is 0 Å². The Hall–Kier alpha value is -2.01. The second-order valence-electron chi connectivity index (χ2n) is 4.25. The standard InChI is InChI=1S/C13H12N4S/c14-13(18)11-5-16-12(6-15-11)17-7-9-3-1-2-4-10(9)8-17/h1-6H,7-8H2,(H2,14,18). The molecule has 1 aromatic heterocycles. The van der Waals surface area contributed by atoms with Gasteiger partial charge in [-0.1, -0.05) is 36.5 Å². The van der Waals surface area contributed by atoms with Crippen LogP contribution in [0.2, 0.25) is 0 Å². The Morgan fingerprint density at radius 3 is 2.28 bits per heavy atom. The third-order valence-corrected chi connectivity index (χ3v) is 3.26. The molecule has 0 saturated carbocycles. The van der Waals surface area contributed by atoms with Crippen molar-refractivity contribution in [3.05, 3.63) is 53.5 Å². The van der Waals surface area contributed by atoms with Crippen LogP contribution in [-0.4, -0.2) is 15.0 Å². The molecule has 2 heterocycles. The number of fused-ring (bicyclic) bond motifs is 1. The minimum absolute atomic E-state index is 0.277. The first-order valence-electron chi connectivity index (χ1n) is 5.67. The molecule has 2 N–H and O–H groups in total. The highest BCUT2D eigenvalue weighted by Crippen LogP contribution is 2.25. The Labute approximate surface area is 110 Å². The van der Waals surface area contributed by atoms with Crippen molar-refractivity contribution in [3.8, 4) is 0 Å². The summed E-state index contributed by atoms with van der Waals surface area (Å²) in [4.78, 5) is 11.0. The fourth-order valence-corrected chi connectivity index (χ4v) is 2.21. The monoisotopic (exact) mass is 256 g/mol. The highest BCUT2D eigenvalue weighted by molar-refractivity contribution is 7.80. The van der Waals surface area contributed by atoms with E-state index < -0.39 is 0 Å². The molecule has 1 aliphatic heterocycles. The molecule has 2 aromatic rings. The average molecular weight is 256 g/mol. The Morgan fingerprint density at radius 2 is 1.78 bits per heavy atom. The van der Waals surface area contributed by atoms with Crippen LogP contribution in [-0.2, 0) is 13.1 Å². The number of nitrogens with two attached hydrogens (primary N) is 1. The van der Waals surface area contributed by atoms with Gasteiger partial charge >= 0.3 is 0 Å². The van der Waals surface area contributed by atoms with Crippen molar-refractivity contribution < 1.29 is 0 Å². The van der Waals surface area contributed by atoms with Crippen molar-refractivity contribution in [1.82, 2.24) is 9.97 Å². The number of nitrogens with zero attached hydrogens (tertiary/aromatic N) is 3. The highest BCUT2D eigenvalue weighted by Gasteiger charge is 2.19. The van der Waals surface area contributed by atoms with E-state index in [2.05, 4.69) is 39.1 Å². The van der Waals surface area contributed by atoms with Crippen LogP contribution in [0.5, 0.6) is 0 Å². The first-order chi connectivity index (χ1) is 8.74. The van der Waals surface area contributed by atoms with Gasteiger partial charge in [0.2, 0.25) is 0 Å². The molecule has 18 heavy (non-hydrogen) atoms. The number of rotatable bonds is 2. The highest BCUT2D eigenvalue weighted by atomic mass is 32.1. The van der Waals surface area contributed by atoms with Gasteiger partial charge in [-0.3, -0.25) is 0 Å². The molecular formula is C13H12N4S. The predicted molar refractivity (Wildman–Crippen MR) is 74.2 cm³/mol. The number of anilines is 1. The summed E-state index contributed by atoms with van der Waals surface area (Å²) in [6, 6.07) is 8.41. The number of benzene rings is 1. The van der Waals surface area contributed by atoms with E-state index in [0.29, 0.717) is 5.69 Å². The van der Waals surface area contributed by atoms with Gasteiger partial charge in [0.1, 0.15) is 16.5 Å². The maximum absolute atomic E-state index is 5.50. The number of hydrogen-bond acceptors (Lipinski definition) is 4. The Bertz CT molecular complexity index is 569. The van der Waals surface area contributed by atoms with Crippen molar-refractivity contribution >= 4 is 23.0 Å². The Kier molecular flexibility index (Phi) is 2.68. The smallest absolute Gasteiger partial charge is 0.147 e. The molecule has 90 valence electrons. The molecule has 5 heteroatoms. The predicted octanol–water partition coefficient (Wildman–Crippen LogP) is 1.63. The van der Waals surface area contributed by atoms with E-state index in [1.807, 2.05) is 0 Å². The Balaban J connectivity index is 1.84. The van der Waals surface area contributed by atoms with Gasteiger partial charge in [-0.05, 0) is 11.1 Å². The Morgan fingerprint density at radius 1 is 1.11 bits per heavy atom. The lowest BCUT2D eigenvalue weighted by Gasteiger charge is -2.15. The van der Waals surface area contributed by atoms with E-state index in [4.69, 9.17) is 18.0 Å². The summed E-state index contributed by atoms with van der Waals surface area (Å²) in [7, 11) is 0. The second kappa shape index (κ2) is 4.34. The molecule has 0 fully saturated rings. The number of aromatic nitrogens is 2. The van der Waals surface area contributed by atoms with Gasteiger partial charge < -0.3 is 10.6 Å². The van der Waals surface area contributed by atoms with E-state index in [0.717, 1.165) is 18.9 Å². The summed E-state index contributed by atoms with van der Waals surface area (Å²) >= 11 is 4.86. The molecule has 0 spiro atoms. The van der Waals surface area contributed by atoms with Gasteiger partial charge in [-0.25, -0.2) is 9.97 Å². The van der Waals surface area contributed by atoms with Crippen LogP contribution < -0.4 is 10.6 Å². The third kappa shape index (κ3) is 1.93. The van der Waals surface area contributed by atoms with Crippen molar-refractivity contribution in [2.24, 2.45) is 5.73 Å². The molecule has 1 aliphatic rings. The minimum Gasteiger partial charge on any atom is -0.388 e. The average Bonchev–Trinajstić information content (AvgIpc) is 2.82. The van der Waals surface area contributed by atoms with Gasteiger partial charge in [0.05, 0.1) is 12.4 Å². The fourth-order valence-electron chi connectivity index (χ4n) is 2.11. The zero-order valence-corrected chi connectivity index (χ0v) is 10.5. The molecule has 1 aromatic carbocycles. The summed E-state index contributed by atoms with van der Waals surface area (Å²) in [5.41, 5.74) is 8.75. The van der Waals surface area contributed by atoms with E-state index in [1.165, 1.54) is 11.1 Å². The lowest BCUT2D eigenvalue weighted by molar-refractivity contribution is 0.849. The van der Waals surface area contributed by atoms with Gasteiger partial charge in [0, 0.05) is 13.1 Å². The lowest BCUT2D eigenvalue weighted by atomic mass is 10.1. The van der Waals surface area contributed by atoms with Crippen LogP contribution in [0.3, 0.4) is 0 Å². The number of thiocarbonyl (C=S) groups is 1. The van der Waals surface area contributed by atoms with Crippen molar-refractivity contribution in [2.75, 3.05) is 4.90 Å². The van der Waals surface area contributed by atoms with E-state index in [-0.39, 0.29) is 4.99 Å². The van der Waals surface area contributed by atoms with Crippen LogP contribution in [0.15, 0.2) is 36.7 Å². The second-order valence-corrected chi connectivity index (χ2v) is 4.69. The van der Waals surface area contributed by atoms with Crippen LogP contribution in [0.25, 0.3) is 0 Å². The molecule has 0 bridgehead atoms. The molecule has 0 atom stereocenters. The molecule has 0 amide bonds. The fraction of sp³-hybridized carbons (Fsp3) is 0.154.